The Morgan fingerprint density at radius 2 is 1.18 bits per heavy atom. The molecule has 0 fully saturated rings. The number of benzene rings is 6. The minimum atomic E-state index is 0.0730. The van der Waals surface area contributed by atoms with Gasteiger partial charge in [0.2, 0.25) is 0 Å². The predicted molar refractivity (Wildman–Crippen MR) is 259 cm³/mol. The third kappa shape index (κ3) is 5.48. The first-order chi connectivity index (χ1) is 28.3. The van der Waals surface area contributed by atoms with Gasteiger partial charge in [0.25, 0.3) is 0 Å². The van der Waals surface area contributed by atoms with E-state index in [-0.39, 0.29) is 27.1 Å². The standard InChI is InChI=1S/C56H59BN2O/c1-52(2,3)32-16-18-33(19-17-32)58-45-29-42-40(53(4,5)22-24-55(42,8)9)27-37(45)35-20-21-36-38-26-39-34-14-12-13-15-48(34)60-49(39)31-46(38)59-47-30-43-41(28-44(47)57-50(35)51(36)59)54(6,7)23-25-56(43,10)11/h12-21,26-31,57-58H,22-25H2,1-11H3. The summed E-state index contributed by atoms with van der Waals surface area (Å²) in [4.78, 5) is 0. The molecule has 2 aliphatic carbocycles. The molecule has 2 aromatic heterocycles. The molecule has 8 aromatic rings. The minimum Gasteiger partial charge on any atom is -0.456 e. The van der Waals surface area contributed by atoms with Crippen molar-refractivity contribution in [2.45, 2.75) is 129 Å². The smallest absolute Gasteiger partial charge is 0.198 e. The maximum Gasteiger partial charge on any atom is 0.198 e. The van der Waals surface area contributed by atoms with Crippen LogP contribution in [0.15, 0.2) is 101 Å². The number of nitrogens with zero attached hydrogens (tertiary/aromatic N) is 1. The van der Waals surface area contributed by atoms with Gasteiger partial charge in [-0.15, -0.1) is 0 Å². The van der Waals surface area contributed by atoms with Crippen LogP contribution in [0.25, 0.3) is 60.6 Å². The van der Waals surface area contributed by atoms with E-state index < -0.39 is 0 Å². The lowest BCUT2D eigenvalue weighted by atomic mass is 9.55. The van der Waals surface area contributed by atoms with E-state index in [9.17, 15) is 0 Å². The van der Waals surface area contributed by atoms with Crippen LogP contribution in [0.5, 0.6) is 0 Å². The number of rotatable bonds is 3. The lowest BCUT2D eigenvalue weighted by molar-refractivity contribution is 0.332. The zero-order valence-electron chi connectivity index (χ0n) is 37.6. The Hall–Kier alpha value is -5.22. The highest BCUT2D eigenvalue weighted by Crippen LogP contribution is 2.51. The van der Waals surface area contributed by atoms with Gasteiger partial charge in [0.15, 0.2) is 7.28 Å². The minimum absolute atomic E-state index is 0.0730. The van der Waals surface area contributed by atoms with Gasteiger partial charge in [-0.05, 0) is 134 Å². The Labute approximate surface area is 356 Å². The first kappa shape index (κ1) is 37.8. The average Bonchev–Trinajstić information content (AvgIpc) is 3.73. The molecule has 0 saturated heterocycles. The molecule has 3 aliphatic rings. The van der Waals surface area contributed by atoms with Crippen molar-refractivity contribution in [3.05, 3.63) is 125 Å². The Morgan fingerprint density at radius 1 is 0.567 bits per heavy atom. The summed E-state index contributed by atoms with van der Waals surface area (Å²) < 4.78 is 9.22. The summed E-state index contributed by atoms with van der Waals surface area (Å²) in [6.07, 6.45) is 4.74. The largest absolute Gasteiger partial charge is 0.456 e. The Kier molecular flexibility index (Phi) is 7.68. The quantitative estimate of drug-likeness (QED) is 0.181. The van der Waals surface area contributed by atoms with Gasteiger partial charge in [-0.25, -0.2) is 0 Å². The van der Waals surface area contributed by atoms with Crippen LogP contribution < -0.4 is 16.2 Å². The summed E-state index contributed by atoms with van der Waals surface area (Å²) in [5.41, 5.74) is 21.3. The molecule has 1 aliphatic heterocycles. The second-order valence-corrected chi connectivity index (χ2v) is 22.4. The lowest BCUT2D eigenvalue weighted by Gasteiger charge is -2.43. The van der Waals surface area contributed by atoms with E-state index in [4.69, 9.17) is 4.42 Å². The van der Waals surface area contributed by atoms with Crippen molar-refractivity contribution in [3.8, 4) is 16.8 Å². The van der Waals surface area contributed by atoms with Gasteiger partial charge >= 0.3 is 0 Å². The Morgan fingerprint density at radius 3 is 1.85 bits per heavy atom. The van der Waals surface area contributed by atoms with Crippen LogP contribution in [0.1, 0.15) is 130 Å². The monoisotopic (exact) mass is 786 g/mol. The Balaban J connectivity index is 1.22. The maximum atomic E-state index is 6.60. The molecule has 4 heteroatoms. The topological polar surface area (TPSA) is 30.1 Å². The van der Waals surface area contributed by atoms with E-state index in [1.807, 2.05) is 0 Å². The van der Waals surface area contributed by atoms with Crippen LogP contribution >= 0.6 is 0 Å². The van der Waals surface area contributed by atoms with Crippen molar-refractivity contribution in [3.63, 3.8) is 0 Å². The number of hydrogen-bond acceptors (Lipinski definition) is 2. The molecule has 0 radical (unpaired) electrons. The summed E-state index contributed by atoms with van der Waals surface area (Å²) in [5.74, 6) is 0. The van der Waals surface area contributed by atoms with Crippen molar-refractivity contribution >= 4 is 73.3 Å². The molecule has 0 amide bonds. The van der Waals surface area contributed by atoms with E-state index in [1.165, 1.54) is 120 Å². The average molecular weight is 787 g/mol. The highest BCUT2D eigenvalue weighted by molar-refractivity contribution is 6.73. The number of furan rings is 1. The summed E-state index contributed by atoms with van der Waals surface area (Å²) >= 11 is 0. The summed E-state index contributed by atoms with van der Waals surface area (Å²) in [6, 6.07) is 37.5. The zero-order chi connectivity index (χ0) is 41.9. The molecular formula is C56H59BN2O. The number of anilines is 2. The van der Waals surface area contributed by atoms with Crippen molar-refractivity contribution in [1.29, 1.82) is 0 Å². The third-order valence-electron chi connectivity index (χ3n) is 15.5. The number of hydrogen-bond donors (Lipinski definition) is 1. The molecule has 0 spiro atoms. The fraction of sp³-hybridized carbons (Fsp3) is 0.357. The molecular weight excluding hydrogens is 727 g/mol. The molecule has 1 N–H and O–H groups in total. The van der Waals surface area contributed by atoms with Crippen molar-refractivity contribution in [2.75, 3.05) is 5.32 Å². The molecule has 302 valence electrons. The maximum absolute atomic E-state index is 6.60. The second kappa shape index (κ2) is 12.2. The van der Waals surface area contributed by atoms with Crippen molar-refractivity contribution < 1.29 is 4.42 Å². The van der Waals surface area contributed by atoms with Crippen molar-refractivity contribution in [1.82, 2.24) is 4.57 Å². The molecule has 0 saturated carbocycles. The highest BCUT2D eigenvalue weighted by Gasteiger charge is 2.41. The molecule has 0 unspecified atom stereocenters. The first-order valence-corrected chi connectivity index (χ1v) is 22.5. The summed E-state index contributed by atoms with van der Waals surface area (Å²) in [5, 5.41) is 8.97. The van der Waals surface area contributed by atoms with E-state index >= 15 is 0 Å². The third-order valence-corrected chi connectivity index (χ3v) is 15.5. The van der Waals surface area contributed by atoms with E-state index in [2.05, 4.69) is 183 Å². The number of para-hydroxylation sites is 1. The van der Waals surface area contributed by atoms with Crippen LogP contribution in [-0.2, 0) is 27.1 Å². The van der Waals surface area contributed by atoms with Gasteiger partial charge in [0.1, 0.15) is 11.2 Å². The van der Waals surface area contributed by atoms with Gasteiger partial charge in [0, 0.05) is 55.8 Å². The molecule has 0 atom stereocenters. The number of aromatic nitrogens is 1. The van der Waals surface area contributed by atoms with Gasteiger partial charge in [-0.2, -0.15) is 0 Å². The number of fused-ring (bicyclic) bond motifs is 10. The van der Waals surface area contributed by atoms with Crippen LogP contribution in [0.3, 0.4) is 0 Å². The fourth-order valence-corrected chi connectivity index (χ4v) is 11.4. The van der Waals surface area contributed by atoms with Crippen molar-refractivity contribution in [2.24, 2.45) is 0 Å². The van der Waals surface area contributed by atoms with E-state index in [0.717, 1.165) is 24.1 Å². The number of nitrogens with one attached hydrogen (secondary N) is 1. The molecule has 60 heavy (non-hydrogen) atoms. The molecule has 3 nitrogen and oxygen atoms in total. The summed E-state index contributed by atoms with van der Waals surface area (Å²) in [7, 11) is 0.882. The molecule has 0 bridgehead atoms. The highest BCUT2D eigenvalue weighted by atomic mass is 16.3. The molecule has 3 heterocycles. The fourth-order valence-electron chi connectivity index (χ4n) is 11.4. The summed E-state index contributed by atoms with van der Waals surface area (Å²) in [6.45, 7) is 26.5. The van der Waals surface area contributed by atoms with Crippen LogP contribution in [0.2, 0.25) is 0 Å². The van der Waals surface area contributed by atoms with Gasteiger partial charge in [0.05, 0.1) is 5.52 Å². The van der Waals surface area contributed by atoms with E-state index in [0.29, 0.717) is 0 Å². The van der Waals surface area contributed by atoms with Crippen LogP contribution in [-0.4, -0.2) is 11.8 Å². The van der Waals surface area contributed by atoms with Gasteiger partial charge in [-0.1, -0.05) is 130 Å². The molecule has 6 aromatic carbocycles. The van der Waals surface area contributed by atoms with Gasteiger partial charge in [-0.3, -0.25) is 0 Å². The first-order valence-electron chi connectivity index (χ1n) is 22.5. The Bertz CT molecular complexity index is 3120. The second-order valence-electron chi connectivity index (χ2n) is 22.4. The van der Waals surface area contributed by atoms with Crippen LogP contribution in [0, 0.1) is 0 Å². The van der Waals surface area contributed by atoms with Crippen LogP contribution in [0.4, 0.5) is 11.4 Å². The zero-order valence-corrected chi connectivity index (χ0v) is 37.6. The lowest BCUT2D eigenvalue weighted by Crippen LogP contribution is -2.41. The van der Waals surface area contributed by atoms with Gasteiger partial charge < -0.3 is 14.3 Å². The molecule has 11 rings (SSSR count). The normalized spacial score (nSPS) is 18.3. The van der Waals surface area contributed by atoms with E-state index in [1.54, 1.807) is 0 Å². The SMILES string of the molecule is CC(C)(C)c1ccc(Nc2cc3c(cc2-c2ccc4c5cc6c(cc5n5c4c2Bc2cc4c(cc2-5)C(C)(C)CCC4(C)C)oc2ccccc26)C(C)(C)CCC3(C)C)cc1. The predicted octanol–water partition coefficient (Wildman–Crippen LogP) is 13.8.